The number of hydrogen-bond donors (Lipinski definition) is 1. The van der Waals surface area contributed by atoms with E-state index >= 15 is 0 Å². The van der Waals surface area contributed by atoms with Gasteiger partial charge in [0.2, 0.25) is 0 Å². The zero-order chi connectivity index (χ0) is 13.0. The molecule has 1 aromatic rings. The van der Waals surface area contributed by atoms with Gasteiger partial charge in [0.25, 0.3) is 0 Å². The number of aryl methyl sites for hydroxylation is 1. The van der Waals surface area contributed by atoms with Crippen LogP contribution in [0.4, 0.5) is 0 Å². The molecule has 2 N–H and O–H groups in total. The van der Waals surface area contributed by atoms with Gasteiger partial charge in [-0.1, -0.05) is 24.3 Å². The number of likely N-dealkylation sites (tertiary alicyclic amines) is 1. The lowest BCUT2D eigenvalue weighted by Gasteiger charge is -2.22. The van der Waals surface area contributed by atoms with Gasteiger partial charge in [-0.2, -0.15) is 0 Å². The zero-order valence-electron chi connectivity index (χ0n) is 11.4. The lowest BCUT2D eigenvalue weighted by atomic mass is 10.0. The average Bonchev–Trinajstić information content (AvgIpc) is 2.77. The van der Waals surface area contributed by atoms with E-state index in [1.165, 1.54) is 17.5 Å². The third-order valence-corrected chi connectivity index (χ3v) is 3.82. The molecule has 1 fully saturated rings. The molecule has 2 unspecified atom stereocenters. The average molecular weight is 248 g/mol. The summed E-state index contributed by atoms with van der Waals surface area (Å²) in [6.07, 6.45) is 1.23. The molecule has 2 atom stereocenters. The van der Waals surface area contributed by atoms with E-state index in [-0.39, 0.29) is 6.04 Å². The first-order chi connectivity index (χ1) is 8.70. The van der Waals surface area contributed by atoms with E-state index in [0.29, 0.717) is 5.92 Å². The Morgan fingerprint density at radius 1 is 1.44 bits per heavy atom. The van der Waals surface area contributed by atoms with Crippen LogP contribution in [0.1, 0.15) is 23.6 Å². The van der Waals surface area contributed by atoms with Crippen molar-refractivity contribution in [1.82, 2.24) is 4.90 Å². The highest BCUT2D eigenvalue weighted by atomic mass is 16.5. The third kappa shape index (κ3) is 3.31. The summed E-state index contributed by atoms with van der Waals surface area (Å²) in [4.78, 5) is 2.46. The molecule has 100 valence electrons. The van der Waals surface area contributed by atoms with Crippen LogP contribution >= 0.6 is 0 Å². The molecule has 1 aliphatic heterocycles. The Bertz CT molecular complexity index is 381. The molecule has 0 radical (unpaired) electrons. The fraction of sp³-hybridized carbons (Fsp3) is 0.600. The van der Waals surface area contributed by atoms with Gasteiger partial charge in [0, 0.05) is 26.2 Å². The normalized spacial score (nSPS) is 22.3. The molecule has 0 aliphatic carbocycles. The second-order valence-electron chi connectivity index (χ2n) is 5.33. The minimum absolute atomic E-state index is 0.118. The van der Waals surface area contributed by atoms with E-state index in [2.05, 4.69) is 36.1 Å². The third-order valence-electron chi connectivity index (χ3n) is 3.82. The van der Waals surface area contributed by atoms with Crippen molar-refractivity contribution in [1.29, 1.82) is 0 Å². The maximum atomic E-state index is 6.32. The second kappa shape index (κ2) is 6.32. The van der Waals surface area contributed by atoms with Crippen LogP contribution in [-0.2, 0) is 4.74 Å². The maximum absolute atomic E-state index is 6.32. The molecule has 1 aliphatic rings. The van der Waals surface area contributed by atoms with Gasteiger partial charge in [-0.3, -0.25) is 0 Å². The summed E-state index contributed by atoms with van der Waals surface area (Å²) >= 11 is 0. The Balaban J connectivity index is 1.89. The van der Waals surface area contributed by atoms with E-state index in [0.717, 1.165) is 26.2 Å². The van der Waals surface area contributed by atoms with Crippen molar-refractivity contribution in [2.75, 3.05) is 33.4 Å². The first kappa shape index (κ1) is 13.5. The van der Waals surface area contributed by atoms with E-state index in [1.807, 2.05) is 0 Å². The second-order valence-corrected chi connectivity index (χ2v) is 5.33. The first-order valence-electron chi connectivity index (χ1n) is 6.73. The summed E-state index contributed by atoms with van der Waals surface area (Å²) in [6, 6.07) is 8.53. The highest BCUT2D eigenvalue weighted by Gasteiger charge is 2.24. The Morgan fingerprint density at radius 2 is 2.22 bits per heavy atom. The van der Waals surface area contributed by atoms with E-state index in [1.54, 1.807) is 7.11 Å². The molecule has 0 spiro atoms. The summed E-state index contributed by atoms with van der Waals surface area (Å²) < 4.78 is 5.22. The summed E-state index contributed by atoms with van der Waals surface area (Å²) in [5, 5.41) is 0. The molecular formula is C15H24N2O. The number of rotatable bonds is 5. The van der Waals surface area contributed by atoms with E-state index in [4.69, 9.17) is 10.5 Å². The van der Waals surface area contributed by atoms with Gasteiger partial charge in [-0.05, 0) is 36.9 Å². The van der Waals surface area contributed by atoms with Gasteiger partial charge in [0.15, 0.2) is 0 Å². The Hall–Kier alpha value is -0.900. The molecule has 1 saturated heterocycles. The van der Waals surface area contributed by atoms with Crippen LogP contribution in [0, 0.1) is 12.8 Å². The smallest absolute Gasteiger partial charge is 0.0503 e. The van der Waals surface area contributed by atoms with Crippen LogP contribution in [0.2, 0.25) is 0 Å². The number of hydrogen-bond acceptors (Lipinski definition) is 3. The molecule has 0 bridgehead atoms. The first-order valence-corrected chi connectivity index (χ1v) is 6.73. The van der Waals surface area contributed by atoms with Crippen molar-refractivity contribution in [2.45, 2.75) is 19.4 Å². The number of nitrogens with zero attached hydrogens (tertiary/aromatic N) is 1. The van der Waals surface area contributed by atoms with Gasteiger partial charge in [-0.15, -0.1) is 0 Å². The highest BCUT2D eigenvalue weighted by Crippen LogP contribution is 2.21. The molecule has 0 saturated carbocycles. The van der Waals surface area contributed by atoms with Crippen molar-refractivity contribution < 1.29 is 4.74 Å². The highest BCUT2D eigenvalue weighted by molar-refractivity contribution is 5.28. The van der Waals surface area contributed by atoms with Gasteiger partial charge in [0.05, 0.1) is 6.61 Å². The number of methoxy groups -OCH3 is 1. The number of ether oxygens (including phenoxy) is 1. The lowest BCUT2D eigenvalue weighted by Crippen LogP contribution is -2.31. The minimum Gasteiger partial charge on any atom is -0.384 e. The minimum atomic E-state index is 0.118. The van der Waals surface area contributed by atoms with Crippen LogP contribution in [-0.4, -0.2) is 38.3 Å². The van der Waals surface area contributed by atoms with E-state index < -0.39 is 0 Å². The molecule has 0 aromatic heterocycles. The fourth-order valence-corrected chi connectivity index (χ4v) is 2.83. The summed E-state index contributed by atoms with van der Waals surface area (Å²) in [7, 11) is 1.78. The van der Waals surface area contributed by atoms with Crippen LogP contribution in [0.15, 0.2) is 24.3 Å². The van der Waals surface area contributed by atoms with Gasteiger partial charge in [0.1, 0.15) is 0 Å². The van der Waals surface area contributed by atoms with Gasteiger partial charge < -0.3 is 15.4 Å². The molecule has 2 rings (SSSR count). The van der Waals surface area contributed by atoms with Crippen LogP contribution < -0.4 is 5.73 Å². The summed E-state index contributed by atoms with van der Waals surface area (Å²) in [5.74, 6) is 0.680. The summed E-state index contributed by atoms with van der Waals surface area (Å²) in [5.41, 5.74) is 8.88. The van der Waals surface area contributed by atoms with Crippen LogP contribution in [0.3, 0.4) is 0 Å². The lowest BCUT2D eigenvalue weighted by molar-refractivity contribution is 0.152. The standard InChI is InChI=1S/C15H24N2O/c1-12-5-3-4-6-14(12)15(16)10-17-8-7-13(9-17)11-18-2/h3-6,13,15H,7-11,16H2,1-2H3. The maximum Gasteiger partial charge on any atom is 0.0503 e. The van der Waals surface area contributed by atoms with Crippen molar-refractivity contribution in [3.63, 3.8) is 0 Å². The molecule has 18 heavy (non-hydrogen) atoms. The molecule has 1 heterocycles. The van der Waals surface area contributed by atoms with Crippen molar-refractivity contribution in [2.24, 2.45) is 11.7 Å². The Kier molecular flexibility index (Phi) is 4.75. The molecule has 3 nitrogen and oxygen atoms in total. The van der Waals surface area contributed by atoms with Gasteiger partial charge >= 0.3 is 0 Å². The van der Waals surface area contributed by atoms with E-state index in [9.17, 15) is 0 Å². The topological polar surface area (TPSA) is 38.5 Å². The Labute approximate surface area is 110 Å². The van der Waals surface area contributed by atoms with Crippen molar-refractivity contribution in [3.05, 3.63) is 35.4 Å². The predicted octanol–water partition coefficient (Wildman–Crippen LogP) is 1.96. The molecule has 0 amide bonds. The number of benzene rings is 1. The van der Waals surface area contributed by atoms with Crippen LogP contribution in [0.5, 0.6) is 0 Å². The van der Waals surface area contributed by atoms with Gasteiger partial charge in [-0.25, -0.2) is 0 Å². The monoisotopic (exact) mass is 248 g/mol. The number of nitrogens with two attached hydrogens (primary N) is 1. The van der Waals surface area contributed by atoms with Crippen LogP contribution in [0.25, 0.3) is 0 Å². The summed E-state index contributed by atoms with van der Waals surface area (Å²) in [6.45, 7) is 6.22. The van der Waals surface area contributed by atoms with Crippen molar-refractivity contribution in [3.8, 4) is 0 Å². The SMILES string of the molecule is COCC1CCN(CC(N)c2ccccc2C)C1. The Morgan fingerprint density at radius 3 is 2.94 bits per heavy atom. The molecule has 3 heteroatoms. The predicted molar refractivity (Wildman–Crippen MR) is 74.5 cm³/mol. The molecular weight excluding hydrogens is 224 g/mol. The zero-order valence-corrected chi connectivity index (χ0v) is 11.4. The largest absolute Gasteiger partial charge is 0.384 e. The molecule has 1 aromatic carbocycles. The quantitative estimate of drug-likeness (QED) is 0.865. The fourth-order valence-electron chi connectivity index (χ4n) is 2.83. The van der Waals surface area contributed by atoms with Crippen molar-refractivity contribution >= 4 is 0 Å².